The van der Waals surface area contributed by atoms with Gasteiger partial charge < -0.3 is 4.74 Å². The van der Waals surface area contributed by atoms with E-state index in [4.69, 9.17) is 16.3 Å². The van der Waals surface area contributed by atoms with E-state index in [0.29, 0.717) is 28.5 Å². The Kier molecular flexibility index (Phi) is 4.86. The number of hydrazone groups is 1. The highest BCUT2D eigenvalue weighted by Gasteiger charge is 2.32. The summed E-state index contributed by atoms with van der Waals surface area (Å²) in [5.41, 5.74) is 2.27. The molecule has 1 atom stereocenters. The second-order valence-corrected chi connectivity index (χ2v) is 6.21. The molecule has 0 aromatic heterocycles. The zero-order chi connectivity index (χ0) is 18.0. The normalized spacial score (nSPS) is 16.5. The van der Waals surface area contributed by atoms with Gasteiger partial charge in [-0.25, -0.2) is 5.01 Å². The molecular weight excluding hydrogens is 340 g/mol. The Bertz CT molecular complexity index is 849. The molecule has 1 aliphatic heterocycles. The second kappa shape index (κ2) is 7.07. The number of rotatable bonds is 3. The summed E-state index contributed by atoms with van der Waals surface area (Å²) in [5, 5.41) is 6.44. The third-order valence-electron chi connectivity index (χ3n) is 3.92. The van der Waals surface area contributed by atoms with Crippen LogP contribution in [0, 0.1) is 0 Å². The molecule has 6 heteroatoms. The maximum absolute atomic E-state index is 12.0. The van der Waals surface area contributed by atoms with Gasteiger partial charge in [0.1, 0.15) is 5.75 Å². The average molecular weight is 357 g/mol. The van der Waals surface area contributed by atoms with Crippen molar-refractivity contribution in [2.75, 3.05) is 0 Å². The van der Waals surface area contributed by atoms with Gasteiger partial charge in [0.15, 0.2) is 0 Å². The molecule has 5 nitrogen and oxygen atoms in total. The monoisotopic (exact) mass is 356 g/mol. The van der Waals surface area contributed by atoms with Crippen molar-refractivity contribution >= 4 is 29.2 Å². The lowest BCUT2D eigenvalue weighted by molar-refractivity contribution is -0.132. The maximum Gasteiger partial charge on any atom is 0.308 e. The first-order chi connectivity index (χ1) is 12.0. The van der Waals surface area contributed by atoms with Crippen molar-refractivity contribution < 1.29 is 14.3 Å². The number of hydrogen-bond donors (Lipinski definition) is 0. The predicted octanol–water partition coefficient (Wildman–Crippen LogP) is 3.96. The van der Waals surface area contributed by atoms with Crippen molar-refractivity contribution in [3.8, 4) is 5.75 Å². The van der Waals surface area contributed by atoms with Gasteiger partial charge in [0.25, 0.3) is 0 Å². The molecule has 1 amide bonds. The van der Waals surface area contributed by atoms with Crippen LogP contribution in [0.5, 0.6) is 5.75 Å². The van der Waals surface area contributed by atoms with Gasteiger partial charge in [0.05, 0.1) is 11.8 Å². The number of esters is 1. The molecule has 1 unspecified atom stereocenters. The molecule has 0 aliphatic carbocycles. The lowest BCUT2D eigenvalue weighted by Crippen LogP contribution is -2.24. The lowest BCUT2D eigenvalue weighted by Gasteiger charge is -2.20. The lowest BCUT2D eigenvalue weighted by atomic mass is 9.98. The number of hydrogen-bond acceptors (Lipinski definition) is 4. The fraction of sp³-hybridized carbons (Fsp3) is 0.211. The van der Waals surface area contributed by atoms with Gasteiger partial charge in [-0.1, -0.05) is 41.9 Å². The third kappa shape index (κ3) is 3.72. The number of halogens is 1. The van der Waals surface area contributed by atoms with E-state index in [0.717, 1.165) is 5.56 Å². The van der Waals surface area contributed by atoms with Crippen LogP contribution in [0.25, 0.3) is 0 Å². The van der Waals surface area contributed by atoms with Gasteiger partial charge in [0.2, 0.25) is 5.91 Å². The zero-order valence-electron chi connectivity index (χ0n) is 13.9. The van der Waals surface area contributed by atoms with Crippen molar-refractivity contribution in [2.45, 2.75) is 26.3 Å². The van der Waals surface area contributed by atoms with Gasteiger partial charge >= 0.3 is 5.97 Å². The Morgan fingerprint density at radius 2 is 1.88 bits per heavy atom. The van der Waals surface area contributed by atoms with E-state index in [9.17, 15) is 9.59 Å². The number of benzene rings is 2. The van der Waals surface area contributed by atoms with Crippen molar-refractivity contribution in [3.63, 3.8) is 0 Å². The molecule has 0 radical (unpaired) electrons. The Morgan fingerprint density at radius 3 is 2.52 bits per heavy atom. The molecule has 0 spiro atoms. The molecule has 1 aliphatic rings. The number of ether oxygens (including phenoxy) is 1. The van der Waals surface area contributed by atoms with E-state index in [1.165, 1.54) is 18.9 Å². The van der Waals surface area contributed by atoms with Crippen molar-refractivity contribution in [3.05, 3.63) is 64.7 Å². The summed E-state index contributed by atoms with van der Waals surface area (Å²) >= 11 is 6.11. The highest BCUT2D eigenvalue weighted by Crippen LogP contribution is 2.35. The molecule has 2 aromatic rings. The average Bonchev–Trinajstić information content (AvgIpc) is 3.02. The molecule has 0 bridgehead atoms. The standard InChI is InChI=1S/C19H17ClN2O3/c1-12(23)22-18(14-6-4-3-5-7-14)11-17(21-22)16-10-15(20)8-9-19(16)25-13(2)24/h3-10,18H,11H2,1-2H3. The summed E-state index contributed by atoms with van der Waals surface area (Å²) < 4.78 is 5.27. The van der Waals surface area contributed by atoms with Gasteiger partial charge in [-0.2, -0.15) is 5.10 Å². The Hall–Kier alpha value is -2.66. The molecule has 0 fully saturated rings. The molecule has 2 aromatic carbocycles. The van der Waals surface area contributed by atoms with Gasteiger partial charge in [0, 0.05) is 30.9 Å². The smallest absolute Gasteiger partial charge is 0.308 e. The second-order valence-electron chi connectivity index (χ2n) is 5.78. The van der Waals surface area contributed by atoms with Crippen LogP contribution in [0.4, 0.5) is 0 Å². The molecule has 3 rings (SSSR count). The minimum atomic E-state index is -0.426. The molecule has 25 heavy (non-hydrogen) atoms. The van der Waals surface area contributed by atoms with Crippen molar-refractivity contribution in [1.82, 2.24) is 5.01 Å². The number of carbonyl (C=O) groups is 2. The minimum absolute atomic E-state index is 0.153. The first kappa shape index (κ1) is 17.2. The van der Waals surface area contributed by atoms with Crippen LogP contribution in [0.3, 0.4) is 0 Å². The van der Waals surface area contributed by atoms with E-state index in [1.54, 1.807) is 18.2 Å². The molecular formula is C19H17ClN2O3. The number of carbonyl (C=O) groups excluding carboxylic acids is 2. The third-order valence-corrected chi connectivity index (χ3v) is 4.16. The van der Waals surface area contributed by atoms with Crippen LogP contribution < -0.4 is 4.74 Å². The zero-order valence-corrected chi connectivity index (χ0v) is 14.7. The highest BCUT2D eigenvalue weighted by molar-refractivity contribution is 6.31. The summed E-state index contributed by atoms with van der Waals surface area (Å²) in [4.78, 5) is 23.4. The molecule has 1 heterocycles. The summed E-state index contributed by atoms with van der Waals surface area (Å²) in [7, 11) is 0. The molecule has 0 saturated carbocycles. The van der Waals surface area contributed by atoms with Crippen LogP contribution >= 0.6 is 11.6 Å². The first-order valence-corrected chi connectivity index (χ1v) is 8.24. The Morgan fingerprint density at radius 1 is 1.16 bits per heavy atom. The van der Waals surface area contributed by atoms with Crippen LogP contribution in [0.15, 0.2) is 53.6 Å². The van der Waals surface area contributed by atoms with E-state index >= 15 is 0 Å². The number of nitrogens with zero attached hydrogens (tertiary/aromatic N) is 2. The van der Waals surface area contributed by atoms with Crippen molar-refractivity contribution in [2.24, 2.45) is 5.10 Å². The summed E-state index contributed by atoms with van der Waals surface area (Å²) in [6, 6.07) is 14.5. The summed E-state index contributed by atoms with van der Waals surface area (Å²) in [6.07, 6.45) is 0.512. The van der Waals surface area contributed by atoms with Gasteiger partial charge in [-0.05, 0) is 23.8 Å². The van der Waals surface area contributed by atoms with Crippen LogP contribution in [-0.2, 0) is 9.59 Å². The van der Waals surface area contributed by atoms with Gasteiger partial charge in [-0.3, -0.25) is 9.59 Å². The fourth-order valence-electron chi connectivity index (χ4n) is 2.87. The van der Waals surface area contributed by atoms with Gasteiger partial charge in [-0.15, -0.1) is 0 Å². The maximum atomic E-state index is 12.0. The minimum Gasteiger partial charge on any atom is -0.426 e. The topological polar surface area (TPSA) is 59.0 Å². The Balaban J connectivity index is 2.01. The van der Waals surface area contributed by atoms with E-state index in [2.05, 4.69) is 5.10 Å². The first-order valence-electron chi connectivity index (χ1n) is 7.86. The van der Waals surface area contributed by atoms with Crippen LogP contribution in [-0.4, -0.2) is 22.6 Å². The summed E-state index contributed by atoms with van der Waals surface area (Å²) in [6.45, 7) is 2.82. The van der Waals surface area contributed by atoms with Crippen molar-refractivity contribution in [1.29, 1.82) is 0 Å². The van der Waals surface area contributed by atoms with E-state index in [1.807, 2.05) is 30.3 Å². The van der Waals surface area contributed by atoms with Crippen LogP contribution in [0.1, 0.15) is 37.4 Å². The predicted molar refractivity (Wildman–Crippen MR) is 95.6 cm³/mol. The quantitative estimate of drug-likeness (QED) is 0.617. The molecule has 0 saturated heterocycles. The largest absolute Gasteiger partial charge is 0.426 e. The molecule has 0 N–H and O–H groups in total. The summed E-state index contributed by atoms with van der Waals surface area (Å²) in [5.74, 6) is -0.196. The molecule has 128 valence electrons. The fourth-order valence-corrected chi connectivity index (χ4v) is 3.04. The van der Waals surface area contributed by atoms with E-state index < -0.39 is 5.97 Å². The number of amides is 1. The SMILES string of the molecule is CC(=O)Oc1ccc(Cl)cc1C1=NN(C(C)=O)C(c2ccccc2)C1. The van der Waals surface area contributed by atoms with Crippen LogP contribution in [0.2, 0.25) is 5.02 Å². The highest BCUT2D eigenvalue weighted by atomic mass is 35.5. The van der Waals surface area contributed by atoms with E-state index in [-0.39, 0.29) is 11.9 Å². The Labute approximate surface area is 150 Å².